The molecule has 0 saturated carbocycles. The van der Waals surface area contributed by atoms with Gasteiger partial charge in [-0.25, -0.2) is 8.42 Å². The van der Waals surface area contributed by atoms with Gasteiger partial charge in [0.25, 0.3) is 0 Å². The maximum atomic E-state index is 12.0. The van der Waals surface area contributed by atoms with Crippen molar-refractivity contribution in [2.45, 2.75) is 38.8 Å². The van der Waals surface area contributed by atoms with Crippen molar-refractivity contribution in [3.8, 4) is 11.4 Å². The van der Waals surface area contributed by atoms with Crippen LogP contribution in [0.4, 0.5) is 0 Å². The smallest absolute Gasteiger partial charge is 0.211 e. The Labute approximate surface area is 137 Å². The molecule has 0 unspecified atom stereocenters. The van der Waals surface area contributed by atoms with Gasteiger partial charge in [-0.1, -0.05) is 6.92 Å². The Balaban J connectivity index is 1.95. The highest BCUT2D eigenvalue weighted by molar-refractivity contribution is 7.88. The van der Waals surface area contributed by atoms with Crippen LogP contribution in [0.5, 0.6) is 0 Å². The molecule has 23 heavy (non-hydrogen) atoms. The summed E-state index contributed by atoms with van der Waals surface area (Å²) in [5.41, 5.74) is 2.81. The maximum Gasteiger partial charge on any atom is 0.211 e. The molecule has 0 aromatic carbocycles. The van der Waals surface area contributed by atoms with Crippen molar-refractivity contribution < 1.29 is 8.42 Å². The Morgan fingerprint density at radius 3 is 2.87 bits per heavy atom. The largest absolute Gasteiger partial charge is 0.263 e. The summed E-state index contributed by atoms with van der Waals surface area (Å²) >= 11 is 0. The van der Waals surface area contributed by atoms with Gasteiger partial charge in [0.05, 0.1) is 17.6 Å². The summed E-state index contributed by atoms with van der Waals surface area (Å²) in [6.45, 7) is 3.54. The minimum absolute atomic E-state index is 0.0886. The topological polar surface area (TPSA) is 68.1 Å². The lowest BCUT2D eigenvalue weighted by molar-refractivity contribution is 0.400. The molecule has 2 aromatic rings. The molecule has 0 spiro atoms. The highest BCUT2D eigenvalue weighted by Gasteiger charge is 2.32. The molecule has 1 aliphatic heterocycles. The van der Waals surface area contributed by atoms with Gasteiger partial charge in [-0.05, 0) is 43.0 Å². The third-order valence-electron chi connectivity index (χ3n) is 4.21. The van der Waals surface area contributed by atoms with E-state index in [2.05, 4.69) is 17.0 Å². The first-order chi connectivity index (χ1) is 11.0. The lowest BCUT2D eigenvalue weighted by atomic mass is 10.1. The van der Waals surface area contributed by atoms with Crippen molar-refractivity contribution in [1.29, 1.82) is 0 Å². The van der Waals surface area contributed by atoms with Crippen LogP contribution in [0.2, 0.25) is 0 Å². The molecule has 0 radical (unpaired) electrons. The monoisotopic (exact) mass is 334 g/mol. The molecule has 0 amide bonds. The molecule has 6 nitrogen and oxygen atoms in total. The molecular formula is C16H22N4O2S. The zero-order chi connectivity index (χ0) is 16.4. The third-order valence-corrected chi connectivity index (χ3v) is 5.50. The SMILES string of the molecule is CCCn1nccc1-c1cc([C@@H]2CCCN2S(C)(=O)=O)ccn1. The molecule has 3 heterocycles. The fourth-order valence-corrected chi connectivity index (χ4v) is 4.35. The summed E-state index contributed by atoms with van der Waals surface area (Å²) in [4.78, 5) is 4.45. The van der Waals surface area contributed by atoms with Crippen LogP contribution < -0.4 is 0 Å². The van der Waals surface area contributed by atoms with Crippen molar-refractivity contribution in [3.05, 3.63) is 36.2 Å². The molecule has 124 valence electrons. The van der Waals surface area contributed by atoms with E-state index in [1.807, 2.05) is 22.9 Å². The van der Waals surface area contributed by atoms with E-state index in [-0.39, 0.29) is 6.04 Å². The molecule has 2 aromatic heterocycles. The first kappa shape index (κ1) is 16.1. The lowest BCUT2D eigenvalue weighted by Gasteiger charge is -2.22. The molecule has 1 saturated heterocycles. The van der Waals surface area contributed by atoms with Crippen LogP contribution >= 0.6 is 0 Å². The van der Waals surface area contributed by atoms with Crippen LogP contribution in [0.1, 0.15) is 37.8 Å². The third kappa shape index (κ3) is 3.30. The van der Waals surface area contributed by atoms with Gasteiger partial charge in [0.1, 0.15) is 0 Å². The maximum absolute atomic E-state index is 12.0. The number of aromatic nitrogens is 3. The van der Waals surface area contributed by atoms with Crippen LogP contribution in [0.3, 0.4) is 0 Å². The Morgan fingerprint density at radius 1 is 1.30 bits per heavy atom. The van der Waals surface area contributed by atoms with Gasteiger partial charge in [-0.3, -0.25) is 9.67 Å². The van der Waals surface area contributed by atoms with E-state index in [0.29, 0.717) is 6.54 Å². The van der Waals surface area contributed by atoms with E-state index < -0.39 is 10.0 Å². The van der Waals surface area contributed by atoms with E-state index in [1.54, 1.807) is 16.7 Å². The van der Waals surface area contributed by atoms with E-state index in [4.69, 9.17) is 0 Å². The second-order valence-electron chi connectivity index (χ2n) is 5.95. The van der Waals surface area contributed by atoms with Gasteiger partial charge >= 0.3 is 0 Å². The van der Waals surface area contributed by atoms with Gasteiger partial charge in [0.2, 0.25) is 10.0 Å². The number of nitrogens with zero attached hydrogens (tertiary/aromatic N) is 4. The van der Waals surface area contributed by atoms with E-state index in [1.165, 1.54) is 6.26 Å². The quantitative estimate of drug-likeness (QED) is 0.842. The Morgan fingerprint density at radius 2 is 2.13 bits per heavy atom. The Kier molecular flexibility index (Phi) is 4.50. The van der Waals surface area contributed by atoms with Gasteiger partial charge < -0.3 is 0 Å². The first-order valence-electron chi connectivity index (χ1n) is 7.95. The van der Waals surface area contributed by atoms with E-state index in [9.17, 15) is 8.42 Å². The molecule has 0 bridgehead atoms. The summed E-state index contributed by atoms with van der Waals surface area (Å²) in [5, 5.41) is 4.33. The minimum Gasteiger partial charge on any atom is -0.263 e. The number of hydrogen-bond donors (Lipinski definition) is 0. The average Bonchev–Trinajstić information content (AvgIpc) is 3.16. The molecule has 3 rings (SSSR count). The summed E-state index contributed by atoms with van der Waals surface area (Å²) < 4.78 is 27.5. The first-order valence-corrected chi connectivity index (χ1v) is 9.80. The summed E-state index contributed by atoms with van der Waals surface area (Å²) in [5.74, 6) is 0. The number of hydrogen-bond acceptors (Lipinski definition) is 4. The second-order valence-corrected chi connectivity index (χ2v) is 7.88. The van der Waals surface area contributed by atoms with Crippen molar-refractivity contribution in [3.63, 3.8) is 0 Å². The van der Waals surface area contributed by atoms with Crippen molar-refractivity contribution in [2.75, 3.05) is 12.8 Å². The summed E-state index contributed by atoms with van der Waals surface area (Å²) in [6, 6.07) is 5.77. The summed E-state index contributed by atoms with van der Waals surface area (Å²) in [7, 11) is -3.19. The van der Waals surface area contributed by atoms with Crippen molar-refractivity contribution in [2.24, 2.45) is 0 Å². The van der Waals surface area contributed by atoms with Gasteiger partial charge in [-0.2, -0.15) is 9.40 Å². The normalized spacial score (nSPS) is 19.3. The predicted molar refractivity (Wildman–Crippen MR) is 89.3 cm³/mol. The molecular weight excluding hydrogens is 312 g/mol. The van der Waals surface area contributed by atoms with Gasteiger partial charge in [0.15, 0.2) is 0 Å². The van der Waals surface area contributed by atoms with Crippen molar-refractivity contribution >= 4 is 10.0 Å². The number of aryl methyl sites for hydroxylation is 1. The fourth-order valence-electron chi connectivity index (χ4n) is 3.20. The fraction of sp³-hybridized carbons (Fsp3) is 0.500. The Bertz CT molecular complexity index is 785. The number of rotatable bonds is 5. The molecule has 0 N–H and O–H groups in total. The summed E-state index contributed by atoms with van der Waals surface area (Å²) in [6.07, 6.45) is 7.56. The van der Waals surface area contributed by atoms with Gasteiger partial charge in [0, 0.05) is 31.5 Å². The highest BCUT2D eigenvalue weighted by atomic mass is 32.2. The molecule has 1 aliphatic rings. The van der Waals surface area contributed by atoms with E-state index in [0.717, 1.165) is 42.8 Å². The second kappa shape index (κ2) is 6.41. The lowest BCUT2D eigenvalue weighted by Crippen LogP contribution is -2.29. The highest BCUT2D eigenvalue weighted by Crippen LogP contribution is 2.34. The van der Waals surface area contributed by atoms with Crippen LogP contribution in [0.25, 0.3) is 11.4 Å². The van der Waals surface area contributed by atoms with Crippen LogP contribution in [0, 0.1) is 0 Å². The minimum atomic E-state index is -3.19. The molecule has 0 aliphatic carbocycles. The molecule has 7 heteroatoms. The number of sulfonamides is 1. The van der Waals surface area contributed by atoms with E-state index >= 15 is 0 Å². The Hall–Kier alpha value is -1.73. The van der Waals surface area contributed by atoms with Crippen LogP contribution in [-0.2, 0) is 16.6 Å². The van der Waals surface area contributed by atoms with Gasteiger partial charge in [-0.15, -0.1) is 0 Å². The molecule has 1 fully saturated rings. The zero-order valence-electron chi connectivity index (χ0n) is 13.5. The predicted octanol–water partition coefficient (Wildman–Crippen LogP) is 2.45. The number of pyridine rings is 1. The van der Waals surface area contributed by atoms with Crippen LogP contribution in [-0.4, -0.2) is 40.3 Å². The standard InChI is InChI=1S/C16H22N4O2S/c1-3-10-19-16(7-9-18-19)14-12-13(6-8-17-14)15-5-4-11-20(15)23(2,21)22/h6-9,12,15H,3-5,10-11H2,1-2H3/t15-/m0/s1. The van der Waals surface area contributed by atoms with Crippen LogP contribution in [0.15, 0.2) is 30.6 Å². The van der Waals surface area contributed by atoms with Crippen molar-refractivity contribution in [1.82, 2.24) is 19.1 Å². The zero-order valence-corrected chi connectivity index (χ0v) is 14.3. The molecule has 1 atom stereocenters. The average molecular weight is 334 g/mol.